The minimum absolute atomic E-state index is 0.0137. The van der Waals surface area contributed by atoms with Crippen LogP contribution in [0.3, 0.4) is 0 Å². The molecule has 0 unspecified atom stereocenters. The van der Waals surface area contributed by atoms with Gasteiger partial charge in [-0.05, 0) is 49.7 Å². The Morgan fingerprint density at radius 2 is 2.21 bits per heavy atom. The average molecular weight is 468 g/mol. The highest BCUT2D eigenvalue weighted by Crippen LogP contribution is 2.55. The monoisotopic (exact) mass is 467 g/mol. The standard InChI is InChI=1S/C24H32F3N3O3/c1-32-21-14-33-8-5-20(21)29-18-10-16-3-2-6-23(16,11-18)22(31)30-7-4-19-15(13-30)9-17(12-28-19)24(25,26)27/h9,12,16,18,20-21,29H,2-8,10-11,13-14H2,1H3/t16-,18+,20+,21-,23-/m1/s1. The van der Waals surface area contributed by atoms with Crippen LogP contribution in [0.2, 0.25) is 0 Å². The lowest BCUT2D eigenvalue weighted by Crippen LogP contribution is -2.51. The molecule has 9 heteroatoms. The fourth-order valence-corrected chi connectivity index (χ4v) is 6.63. The summed E-state index contributed by atoms with van der Waals surface area (Å²) in [6, 6.07) is 1.63. The van der Waals surface area contributed by atoms with Gasteiger partial charge in [0.05, 0.1) is 23.7 Å². The van der Waals surface area contributed by atoms with Gasteiger partial charge in [-0.3, -0.25) is 9.78 Å². The van der Waals surface area contributed by atoms with Crippen LogP contribution in [0.25, 0.3) is 0 Å². The highest BCUT2D eigenvalue weighted by molar-refractivity contribution is 5.84. The zero-order valence-electron chi connectivity index (χ0n) is 19.0. The minimum Gasteiger partial charge on any atom is -0.379 e. The second-order valence-corrected chi connectivity index (χ2v) is 10.1. The molecule has 0 spiro atoms. The summed E-state index contributed by atoms with van der Waals surface area (Å²) in [6.45, 7) is 2.01. The van der Waals surface area contributed by atoms with E-state index >= 15 is 0 Å². The van der Waals surface area contributed by atoms with E-state index in [0.29, 0.717) is 43.4 Å². The summed E-state index contributed by atoms with van der Waals surface area (Å²) in [6.07, 6.45) is 2.55. The Morgan fingerprint density at radius 3 is 3.00 bits per heavy atom. The lowest BCUT2D eigenvalue weighted by Gasteiger charge is -2.38. The van der Waals surface area contributed by atoms with Gasteiger partial charge < -0.3 is 19.7 Å². The zero-order chi connectivity index (χ0) is 23.2. The van der Waals surface area contributed by atoms with Crippen LogP contribution < -0.4 is 5.32 Å². The summed E-state index contributed by atoms with van der Waals surface area (Å²) in [5, 5.41) is 3.76. The van der Waals surface area contributed by atoms with Gasteiger partial charge in [0.25, 0.3) is 0 Å². The van der Waals surface area contributed by atoms with Crippen molar-refractivity contribution >= 4 is 5.91 Å². The zero-order valence-corrected chi connectivity index (χ0v) is 19.0. The molecule has 5 rings (SSSR count). The molecule has 2 saturated carbocycles. The van der Waals surface area contributed by atoms with Crippen LogP contribution in [0.1, 0.15) is 55.3 Å². The second kappa shape index (κ2) is 8.82. The second-order valence-electron chi connectivity index (χ2n) is 10.1. The van der Waals surface area contributed by atoms with Crippen molar-refractivity contribution in [2.75, 3.05) is 26.9 Å². The smallest absolute Gasteiger partial charge is 0.379 e. The number of alkyl halides is 3. The third-order valence-electron chi connectivity index (χ3n) is 8.27. The molecule has 0 aromatic carbocycles. The Bertz CT molecular complexity index is 895. The molecule has 1 N–H and O–H groups in total. The topological polar surface area (TPSA) is 63.7 Å². The highest BCUT2D eigenvalue weighted by Gasteiger charge is 2.56. The average Bonchev–Trinajstić information content (AvgIpc) is 3.35. The van der Waals surface area contributed by atoms with Crippen LogP contribution in [0.4, 0.5) is 13.2 Å². The number of fused-ring (bicyclic) bond motifs is 2. The SMILES string of the molecule is CO[C@@H]1COCC[C@@H]1N[C@H]1C[C@H]2CCC[C@@]2(C(=O)N2CCc3ncc(C(F)(F)F)cc3C2)C1. The fourth-order valence-electron chi connectivity index (χ4n) is 6.63. The molecule has 1 aromatic heterocycles. The Morgan fingerprint density at radius 1 is 1.36 bits per heavy atom. The van der Waals surface area contributed by atoms with E-state index in [1.165, 1.54) is 6.07 Å². The number of aromatic nitrogens is 1. The van der Waals surface area contributed by atoms with E-state index in [4.69, 9.17) is 9.47 Å². The number of halogens is 3. The molecule has 182 valence electrons. The summed E-state index contributed by atoms with van der Waals surface area (Å²) < 4.78 is 50.7. The molecule has 2 aliphatic heterocycles. The van der Waals surface area contributed by atoms with E-state index in [2.05, 4.69) is 10.3 Å². The number of nitrogens with one attached hydrogen (secondary N) is 1. The molecule has 2 aliphatic carbocycles. The number of amides is 1. The number of hydrogen-bond donors (Lipinski definition) is 1. The van der Waals surface area contributed by atoms with Crippen LogP contribution in [0.5, 0.6) is 0 Å². The Hall–Kier alpha value is -1.71. The number of rotatable bonds is 4. The van der Waals surface area contributed by atoms with E-state index in [1.807, 2.05) is 0 Å². The number of nitrogens with zero attached hydrogens (tertiary/aromatic N) is 2. The first-order chi connectivity index (χ1) is 15.8. The predicted molar refractivity (Wildman–Crippen MR) is 114 cm³/mol. The number of hydrogen-bond acceptors (Lipinski definition) is 5. The van der Waals surface area contributed by atoms with Crippen molar-refractivity contribution in [2.24, 2.45) is 11.3 Å². The van der Waals surface area contributed by atoms with Gasteiger partial charge in [-0.15, -0.1) is 0 Å². The Kier molecular flexibility index (Phi) is 6.16. The van der Waals surface area contributed by atoms with E-state index in [1.54, 1.807) is 12.0 Å². The molecule has 0 bridgehead atoms. The van der Waals surface area contributed by atoms with E-state index < -0.39 is 17.2 Å². The molecule has 6 nitrogen and oxygen atoms in total. The maximum Gasteiger partial charge on any atom is 0.417 e. The minimum atomic E-state index is -4.43. The maximum absolute atomic E-state index is 13.9. The molecule has 1 amide bonds. The van der Waals surface area contributed by atoms with Crippen LogP contribution in [0, 0.1) is 11.3 Å². The summed E-state index contributed by atoms with van der Waals surface area (Å²) in [7, 11) is 1.70. The van der Waals surface area contributed by atoms with Crippen molar-refractivity contribution in [3.63, 3.8) is 0 Å². The summed E-state index contributed by atoms with van der Waals surface area (Å²) in [5.74, 6) is 0.442. The van der Waals surface area contributed by atoms with Gasteiger partial charge in [0.2, 0.25) is 5.91 Å². The molecular formula is C24H32F3N3O3. The molecule has 0 radical (unpaired) electrons. The lowest BCUT2D eigenvalue weighted by atomic mass is 9.78. The van der Waals surface area contributed by atoms with E-state index in [-0.39, 0.29) is 30.6 Å². The molecule has 5 atom stereocenters. The van der Waals surface area contributed by atoms with Gasteiger partial charge in [0, 0.05) is 57.2 Å². The van der Waals surface area contributed by atoms with Crippen LogP contribution >= 0.6 is 0 Å². The summed E-state index contributed by atoms with van der Waals surface area (Å²) in [4.78, 5) is 19.7. The van der Waals surface area contributed by atoms with Crippen molar-refractivity contribution in [1.82, 2.24) is 15.2 Å². The number of methoxy groups -OCH3 is 1. The van der Waals surface area contributed by atoms with Crippen molar-refractivity contribution in [3.8, 4) is 0 Å². The van der Waals surface area contributed by atoms with Crippen LogP contribution in [-0.2, 0) is 33.4 Å². The third kappa shape index (κ3) is 4.28. The van der Waals surface area contributed by atoms with E-state index in [9.17, 15) is 18.0 Å². The number of pyridine rings is 1. The molecule has 1 saturated heterocycles. The van der Waals surface area contributed by atoms with Gasteiger partial charge in [0.1, 0.15) is 0 Å². The molecular weight excluding hydrogens is 435 g/mol. The molecule has 1 aromatic rings. The number of carbonyl (C=O) groups excluding carboxylic acids is 1. The molecule has 33 heavy (non-hydrogen) atoms. The van der Waals surface area contributed by atoms with Crippen molar-refractivity contribution < 1.29 is 27.4 Å². The first kappa shape index (κ1) is 23.1. The van der Waals surface area contributed by atoms with Crippen molar-refractivity contribution in [3.05, 3.63) is 29.1 Å². The summed E-state index contributed by atoms with van der Waals surface area (Å²) in [5.41, 5.74) is 0.0383. The maximum atomic E-state index is 13.9. The molecule has 3 heterocycles. The van der Waals surface area contributed by atoms with Gasteiger partial charge >= 0.3 is 6.18 Å². The van der Waals surface area contributed by atoms with Crippen molar-refractivity contribution in [2.45, 2.75) is 75.9 Å². The number of carbonyl (C=O) groups is 1. The van der Waals surface area contributed by atoms with Crippen LogP contribution in [-0.4, -0.2) is 60.8 Å². The largest absolute Gasteiger partial charge is 0.417 e. The molecule has 3 fully saturated rings. The first-order valence-electron chi connectivity index (χ1n) is 12.0. The van der Waals surface area contributed by atoms with Gasteiger partial charge in [-0.25, -0.2) is 0 Å². The predicted octanol–water partition coefficient (Wildman–Crippen LogP) is 3.33. The quantitative estimate of drug-likeness (QED) is 0.736. The highest BCUT2D eigenvalue weighted by atomic mass is 19.4. The van der Waals surface area contributed by atoms with Gasteiger partial charge in [-0.1, -0.05) is 6.42 Å². The molecule has 4 aliphatic rings. The fraction of sp³-hybridized carbons (Fsp3) is 0.750. The summed E-state index contributed by atoms with van der Waals surface area (Å²) >= 11 is 0. The normalized spacial score (nSPS) is 34.2. The Balaban J connectivity index is 1.31. The van der Waals surface area contributed by atoms with Gasteiger partial charge in [0.15, 0.2) is 0 Å². The van der Waals surface area contributed by atoms with Crippen LogP contribution in [0.15, 0.2) is 12.3 Å². The lowest BCUT2D eigenvalue weighted by molar-refractivity contribution is -0.144. The first-order valence-corrected chi connectivity index (χ1v) is 12.0. The third-order valence-corrected chi connectivity index (χ3v) is 8.27. The van der Waals surface area contributed by atoms with Crippen molar-refractivity contribution in [1.29, 1.82) is 0 Å². The van der Waals surface area contributed by atoms with Gasteiger partial charge in [-0.2, -0.15) is 13.2 Å². The van der Waals surface area contributed by atoms with E-state index in [0.717, 1.165) is 44.7 Å². The number of ether oxygens (including phenoxy) is 2. The Labute approximate surface area is 192 Å².